The van der Waals surface area contributed by atoms with E-state index in [-0.39, 0.29) is 17.3 Å². The van der Waals surface area contributed by atoms with E-state index in [1.54, 1.807) is 6.07 Å². The van der Waals surface area contributed by atoms with Crippen LogP contribution in [0.4, 0.5) is 0 Å². The molecule has 1 rings (SSSR count). The lowest BCUT2D eigenvalue weighted by Crippen LogP contribution is -2.21. The number of sulfone groups is 1. The molecule has 0 aliphatic heterocycles. The Hall–Kier alpha value is -1.27. The number of hydrogen-bond donors (Lipinski definition) is 3. The van der Waals surface area contributed by atoms with Gasteiger partial charge in [-0.15, -0.1) is 0 Å². The fourth-order valence-corrected chi connectivity index (χ4v) is 1.70. The molecule has 0 aliphatic rings. The van der Waals surface area contributed by atoms with Crippen LogP contribution in [0.15, 0.2) is 18.2 Å². The van der Waals surface area contributed by atoms with E-state index in [4.69, 9.17) is 5.11 Å². The minimum Gasteiger partial charge on any atom is -0.508 e. The van der Waals surface area contributed by atoms with Crippen molar-refractivity contribution in [3.63, 3.8) is 0 Å². The molecule has 0 amide bonds. The van der Waals surface area contributed by atoms with E-state index in [0.717, 1.165) is 0 Å². The minimum atomic E-state index is -2.96. The van der Waals surface area contributed by atoms with Crippen LogP contribution in [0.5, 0.6) is 11.5 Å². The molecule has 0 aliphatic carbocycles. The molecule has 0 fully saturated rings. The van der Waals surface area contributed by atoms with Crippen LogP contribution in [0.1, 0.15) is 5.56 Å². The molecule has 5 nitrogen and oxygen atoms in total. The fourth-order valence-electron chi connectivity index (χ4n) is 1.18. The average Bonchev–Trinajstić information content (AvgIpc) is 2.13. The lowest BCUT2D eigenvalue weighted by Gasteiger charge is -2.06. The van der Waals surface area contributed by atoms with Crippen molar-refractivity contribution >= 4 is 9.84 Å². The number of rotatable bonds is 5. The summed E-state index contributed by atoms with van der Waals surface area (Å²) in [6.45, 7) is 0.695. The predicted octanol–water partition coefficient (Wildman–Crippen LogP) is 0.232. The highest BCUT2D eigenvalue weighted by molar-refractivity contribution is 7.90. The fraction of sp³-hybridized carbons (Fsp3) is 0.400. The number of phenols is 2. The zero-order valence-corrected chi connectivity index (χ0v) is 9.79. The van der Waals surface area contributed by atoms with Crippen LogP contribution >= 0.6 is 0 Å². The largest absolute Gasteiger partial charge is 0.508 e. The van der Waals surface area contributed by atoms with Gasteiger partial charge in [0.15, 0.2) is 0 Å². The van der Waals surface area contributed by atoms with Gasteiger partial charge in [-0.05, 0) is 6.07 Å². The van der Waals surface area contributed by atoms with Crippen molar-refractivity contribution in [1.29, 1.82) is 0 Å². The molecule has 0 bridgehead atoms. The Morgan fingerprint density at radius 3 is 2.56 bits per heavy atom. The van der Waals surface area contributed by atoms with Crippen molar-refractivity contribution in [3.8, 4) is 11.5 Å². The van der Waals surface area contributed by atoms with Crippen molar-refractivity contribution < 1.29 is 18.6 Å². The van der Waals surface area contributed by atoms with E-state index in [1.165, 1.54) is 18.4 Å². The van der Waals surface area contributed by atoms with Gasteiger partial charge >= 0.3 is 0 Å². The number of hydrogen-bond acceptors (Lipinski definition) is 5. The molecular formula is C10H15NO4S. The van der Waals surface area contributed by atoms with Crippen LogP contribution in [0.3, 0.4) is 0 Å². The highest BCUT2D eigenvalue weighted by Crippen LogP contribution is 2.21. The number of aromatic hydroxyl groups is 2. The first-order valence-corrected chi connectivity index (χ1v) is 6.84. The van der Waals surface area contributed by atoms with Gasteiger partial charge in [-0.1, -0.05) is 6.07 Å². The summed E-state index contributed by atoms with van der Waals surface area (Å²) in [6.07, 6.45) is 1.17. The van der Waals surface area contributed by atoms with Gasteiger partial charge < -0.3 is 15.5 Å². The van der Waals surface area contributed by atoms with Crippen molar-refractivity contribution in [2.75, 3.05) is 18.6 Å². The summed E-state index contributed by atoms with van der Waals surface area (Å²) in [4.78, 5) is 0. The van der Waals surface area contributed by atoms with Crippen LogP contribution in [0.2, 0.25) is 0 Å². The highest BCUT2D eigenvalue weighted by atomic mass is 32.2. The van der Waals surface area contributed by atoms with Gasteiger partial charge in [0.05, 0.1) is 5.75 Å². The van der Waals surface area contributed by atoms with Gasteiger partial charge in [0.2, 0.25) is 0 Å². The van der Waals surface area contributed by atoms with Crippen LogP contribution in [0.25, 0.3) is 0 Å². The van der Waals surface area contributed by atoms with E-state index in [2.05, 4.69) is 5.32 Å². The second-order valence-corrected chi connectivity index (χ2v) is 5.88. The zero-order valence-electron chi connectivity index (χ0n) is 8.97. The van der Waals surface area contributed by atoms with E-state index < -0.39 is 9.84 Å². The van der Waals surface area contributed by atoms with Gasteiger partial charge in [0, 0.05) is 31.0 Å². The SMILES string of the molecule is CS(=O)(=O)CCNCc1ccc(O)cc1O. The third-order valence-electron chi connectivity index (χ3n) is 2.03. The monoisotopic (exact) mass is 245 g/mol. The number of phenolic OH excluding ortho intramolecular Hbond substituents is 2. The van der Waals surface area contributed by atoms with Crippen LogP contribution in [-0.4, -0.2) is 37.2 Å². The topological polar surface area (TPSA) is 86.6 Å². The number of benzene rings is 1. The molecular weight excluding hydrogens is 230 g/mol. The quantitative estimate of drug-likeness (QED) is 0.647. The van der Waals surface area contributed by atoms with Crippen molar-refractivity contribution in [2.24, 2.45) is 0 Å². The first-order valence-electron chi connectivity index (χ1n) is 4.78. The first kappa shape index (κ1) is 12.8. The van der Waals surface area contributed by atoms with Crippen molar-refractivity contribution in [3.05, 3.63) is 23.8 Å². The molecule has 0 heterocycles. The molecule has 0 spiro atoms. The maximum atomic E-state index is 10.8. The standard InChI is InChI=1S/C10H15NO4S/c1-16(14,15)5-4-11-7-8-2-3-9(12)6-10(8)13/h2-3,6,11-13H,4-5,7H2,1H3. The predicted molar refractivity (Wildman–Crippen MR) is 61.2 cm³/mol. The Kier molecular flexibility index (Phi) is 4.14. The van der Waals surface area contributed by atoms with Gasteiger partial charge in [0.25, 0.3) is 0 Å². The number of nitrogens with one attached hydrogen (secondary N) is 1. The molecule has 16 heavy (non-hydrogen) atoms. The van der Waals surface area contributed by atoms with Crippen molar-refractivity contribution in [2.45, 2.75) is 6.54 Å². The van der Waals surface area contributed by atoms with E-state index in [0.29, 0.717) is 18.7 Å². The van der Waals surface area contributed by atoms with Crippen LogP contribution in [0, 0.1) is 0 Å². The smallest absolute Gasteiger partial charge is 0.148 e. The Labute approximate surface area is 94.7 Å². The Balaban J connectivity index is 2.43. The van der Waals surface area contributed by atoms with Gasteiger partial charge in [-0.25, -0.2) is 8.42 Å². The molecule has 0 saturated heterocycles. The van der Waals surface area contributed by atoms with E-state index in [1.807, 2.05) is 0 Å². The molecule has 3 N–H and O–H groups in total. The molecule has 0 unspecified atom stereocenters. The lowest BCUT2D eigenvalue weighted by atomic mass is 10.2. The van der Waals surface area contributed by atoms with E-state index >= 15 is 0 Å². The van der Waals surface area contributed by atoms with Crippen LogP contribution in [-0.2, 0) is 16.4 Å². The van der Waals surface area contributed by atoms with Gasteiger partial charge in [0.1, 0.15) is 21.3 Å². The second-order valence-electron chi connectivity index (χ2n) is 3.62. The van der Waals surface area contributed by atoms with Gasteiger partial charge in [-0.2, -0.15) is 0 Å². The molecule has 1 aromatic rings. The Morgan fingerprint density at radius 1 is 1.31 bits per heavy atom. The maximum absolute atomic E-state index is 10.8. The Bertz CT molecular complexity index is 456. The molecule has 0 saturated carbocycles. The van der Waals surface area contributed by atoms with E-state index in [9.17, 15) is 13.5 Å². The summed E-state index contributed by atoms with van der Waals surface area (Å²) in [5.74, 6) is 0.0514. The summed E-state index contributed by atoms with van der Waals surface area (Å²) >= 11 is 0. The Morgan fingerprint density at radius 2 is 2.00 bits per heavy atom. The molecule has 1 aromatic carbocycles. The maximum Gasteiger partial charge on any atom is 0.148 e. The minimum absolute atomic E-state index is 0.00242. The third-order valence-corrected chi connectivity index (χ3v) is 2.98. The summed E-state index contributed by atoms with van der Waals surface area (Å²) in [5, 5.41) is 21.4. The molecule has 0 aromatic heterocycles. The zero-order chi connectivity index (χ0) is 12.2. The van der Waals surface area contributed by atoms with Gasteiger partial charge in [-0.3, -0.25) is 0 Å². The van der Waals surface area contributed by atoms with Crippen LogP contribution < -0.4 is 5.32 Å². The summed E-state index contributed by atoms with van der Waals surface area (Å²) in [5.41, 5.74) is 0.617. The molecule has 6 heteroatoms. The molecule has 90 valence electrons. The third kappa shape index (κ3) is 4.50. The normalized spacial score (nSPS) is 11.6. The summed E-state index contributed by atoms with van der Waals surface area (Å²) in [6, 6.07) is 4.29. The first-order chi connectivity index (χ1) is 7.38. The summed E-state index contributed by atoms with van der Waals surface area (Å²) in [7, 11) is -2.96. The summed E-state index contributed by atoms with van der Waals surface area (Å²) < 4.78 is 21.7. The average molecular weight is 245 g/mol. The highest BCUT2D eigenvalue weighted by Gasteiger charge is 2.03. The second kappa shape index (κ2) is 5.18. The molecule has 0 radical (unpaired) electrons. The van der Waals surface area contributed by atoms with Crippen molar-refractivity contribution in [1.82, 2.24) is 5.32 Å². The molecule has 0 atom stereocenters. The lowest BCUT2D eigenvalue weighted by molar-refractivity contribution is 0.444.